The molecular formula is C12H18N4O. The summed E-state index contributed by atoms with van der Waals surface area (Å²) in [6.45, 7) is 3.89. The third-order valence-electron chi connectivity index (χ3n) is 3.48. The summed E-state index contributed by atoms with van der Waals surface area (Å²) in [6, 6.07) is 0. The third kappa shape index (κ3) is 2.23. The predicted molar refractivity (Wildman–Crippen MR) is 65.5 cm³/mol. The van der Waals surface area contributed by atoms with E-state index in [1.165, 1.54) is 0 Å². The summed E-state index contributed by atoms with van der Waals surface area (Å²) in [7, 11) is 1.81. The lowest BCUT2D eigenvalue weighted by molar-refractivity contribution is -0.125. The van der Waals surface area contributed by atoms with Crippen LogP contribution in [0.1, 0.15) is 31.9 Å². The smallest absolute Gasteiger partial charge is 0.231 e. The largest absolute Gasteiger partial charge is 0.307 e. The molecule has 0 saturated carbocycles. The van der Waals surface area contributed by atoms with Crippen molar-refractivity contribution in [2.45, 2.75) is 33.1 Å². The molecule has 5 heteroatoms. The van der Waals surface area contributed by atoms with Gasteiger partial charge in [-0.3, -0.25) is 9.48 Å². The maximum absolute atomic E-state index is 12.2. The molecule has 0 spiro atoms. The number of allylic oxidation sites excluding steroid dienone is 2. The van der Waals surface area contributed by atoms with Crippen LogP contribution in [0.15, 0.2) is 12.2 Å². The second kappa shape index (κ2) is 4.31. The number of carbonyl (C=O) groups excluding carboxylic acids is 1. The molecule has 1 aliphatic rings. The Labute approximate surface area is 101 Å². The maximum atomic E-state index is 12.2. The Kier molecular flexibility index (Phi) is 3.00. The van der Waals surface area contributed by atoms with Gasteiger partial charge < -0.3 is 5.32 Å². The molecule has 92 valence electrons. The van der Waals surface area contributed by atoms with Gasteiger partial charge >= 0.3 is 0 Å². The predicted octanol–water partition coefficient (Wildman–Crippen LogP) is 1.81. The van der Waals surface area contributed by atoms with Crippen LogP contribution in [0.5, 0.6) is 0 Å². The molecule has 1 amide bonds. The Morgan fingerprint density at radius 2 is 2.29 bits per heavy atom. The van der Waals surface area contributed by atoms with Gasteiger partial charge in [-0.1, -0.05) is 24.3 Å². The molecule has 2 rings (SSSR count). The molecule has 1 unspecified atom stereocenters. The molecule has 17 heavy (non-hydrogen) atoms. The van der Waals surface area contributed by atoms with Crippen LogP contribution in [0.25, 0.3) is 0 Å². The van der Waals surface area contributed by atoms with Gasteiger partial charge in [-0.05, 0) is 26.2 Å². The molecule has 0 saturated heterocycles. The lowest BCUT2D eigenvalue weighted by Gasteiger charge is -2.28. The van der Waals surface area contributed by atoms with Crippen LogP contribution in [0, 0.1) is 12.3 Å². The van der Waals surface area contributed by atoms with Crippen molar-refractivity contribution in [3.8, 4) is 0 Å². The molecule has 0 radical (unpaired) electrons. The first-order valence-electron chi connectivity index (χ1n) is 5.86. The van der Waals surface area contributed by atoms with Gasteiger partial charge in [-0.25, -0.2) is 0 Å². The van der Waals surface area contributed by atoms with E-state index in [-0.39, 0.29) is 11.3 Å². The Morgan fingerprint density at radius 1 is 1.53 bits per heavy atom. The average molecular weight is 234 g/mol. The van der Waals surface area contributed by atoms with E-state index in [2.05, 4.69) is 27.8 Å². The van der Waals surface area contributed by atoms with Crippen LogP contribution in [-0.2, 0) is 11.8 Å². The number of nitrogens with zero attached hydrogens (tertiary/aromatic N) is 3. The SMILES string of the molecule is Cc1c(NC(=O)C2(C)CC=CCC2)nnn1C. The van der Waals surface area contributed by atoms with E-state index in [0.717, 1.165) is 25.0 Å². The molecule has 1 aromatic heterocycles. The van der Waals surface area contributed by atoms with Gasteiger partial charge in [0.15, 0.2) is 5.82 Å². The summed E-state index contributed by atoms with van der Waals surface area (Å²) in [5.74, 6) is 0.596. The van der Waals surface area contributed by atoms with Gasteiger partial charge in [-0.2, -0.15) is 0 Å². The second-order valence-electron chi connectivity index (χ2n) is 4.88. The molecule has 1 atom stereocenters. The van der Waals surface area contributed by atoms with Crippen LogP contribution >= 0.6 is 0 Å². The van der Waals surface area contributed by atoms with Gasteiger partial charge in [-0.15, -0.1) is 5.10 Å². The van der Waals surface area contributed by atoms with E-state index in [1.807, 2.05) is 20.9 Å². The van der Waals surface area contributed by atoms with E-state index in [1.54, 1.807) is 4.68 Å². The summed E-state index contributed by atoms with van der Waals surface area (Å²) in [6.07, 6.45) is 6.84. The number of aromatic nitrogens is 3. The zero-order valence-electron chi connectivity index (χ0n) is 10.5. The zero-order valence-corrected chi connectivity index (χ0v) is 10.5. The molecule has 0 aliphatic heterocycles. The first kappa shape index (κ1) is 11.8. The van der Waals surface area contributed by atoms with E-state index < -0.39 is 0 Å². The van der Waals surface area contributed by atoms with Gasteiger partial charge in [0.05, 0.1) is 11.1 Å². The van der Waals surface area contributed by atoms with Crippen molar-refractivity contribution in [3.63, 3.8) is 0 Å². The van der Waals surface area contributed by atoms with Crippen LogP contribution in [0.2, 0.25) is 0 Å². The van der Waals surface area contributed by atoms with Crippen molar-refractivity contribution < 1.29 is 4.79 Å². The molecule has 1 aromatic rings. The fraction of sp³-hybridized carbons (Fsp3) is 0.583. The summed E-state index contributed by atoms with van der Waals surface area (Å²) >= 11 is 0. The summed E-state index contributed by atoms with van der Waals surface area (Å²) in [4.78, 5) is 12.2. The highest BCUT2D eigenvalue weighted by atomic mass is 16.2. The van der Waals surface area contributed by atoms with Crippen LogP contribution in [-0.4, -0.2) is 20.9 Å². The molecule has 0 bridgehead atoms. The minimum atomic E-state index is -0.321. The Hall–Kier alpha value is -1.65. The molecule has 1 N–H and O–H groups in total. The standard InChI is InChI=1S/C12H18N4O/c1-9-10(14-15-16(9)3)13-11(17)12(2)7-5-4-6-8-12/h4-5H,6-8H2,1-3H3,(H,13,17). The summed E-state index contributed by atoms with van der Waals surface area (Å²) < 4.78 is 1.65. The normalized spacial score (nSPS) is 23.7. The number of amides is 1. The van der Waals surface area contributed by atoms with E-state index >= 15 is 0 Å². The summed E-state index contributed by atoms with van der Waals surface area (Å²) in [5.41, 5.74) is 0.548. The number of rotatable bonds is 2. The highest BCUT2D eigenvalue weighted by Crippen LogP contribution is 2.33. The number of anilines is 1. The molecule has 1 aliphatic carbocycles. The first-order chi connectivity index (χ1) is 8.03. The first-order valence-corrected chi connectivity index (χ1v) is 5.86. The Balaban J connectivity index is 2.11. The van der Waals surface area contributed by atoms with Crippen LogP contribution in [0.3, 0.4) is 0 Å². The van der Waals surface area contributed by atoms with Crippen molar-refractivity contribution >= 4 is 11.7 Å². The average Bonchev–Trinajstić information content (AvgIpc) is 2.62. The van der Waals surface area contributed by atoms with Crippen LogP contribution in [0.4, 0.5) is 5.82 Å². The number of hydrogen-bond acceptors (Lipinski definition) is 3. The minimum absolute atomic E-state index is 0.0328. The quantitative estimate of drug-likeness (QED) is 0.794. The molecule has 0 aromatic carbocycles. The number of hydrogen-bond donors (Lipinski definition) is 1. The zero-order chi connectivity index (χ0) is 12.5. The monoisotopic (exact) mass is 234 g/mol. The second-order valence-corrected chi connectivity index (χ2v) is 4.88. The van der Waals surface area contributed by atoms with Gasteiger partial charge in [0, 0.05) is 7.05 Å². The Morgan fingerprint density at radius 3 is 2.82 bits per heavy atom. The third-order valence-corrected chi connectivity index (χ3v) is 3.48. The van der Waals surface area contributed by atoms with Gasteiger partial charge in [0.2, 0.25) is 5.91 Å². The molecule has 0 fully saturated rings. The maximum Gasteiger partial charge on any atom is 0.231 e. The van der Waals surface area contributed by atoms with E-state index in [0.29, 0.717) is 5.82 Å². The molecule has 1 heterocycles. The molecule has 5 nitrogen and oxygen atoms in total. The Bertz CT molecular complexity index is 463. The van der Waals surface area contributed by atoms with Gasteiger partial charge in [0.1, 0.15) is 0 Å². The molecular weight excluding hydrogens is 216 g/mol. The number of carbonyl (C=O) groups is 1. The minimum Gasteiger partial charge on any atom is -0.307 e. The van der Waals surface area contributed by atoms with E-state index in [9.17, 15) is 4.79 Å². The van der Waals surface area contributed by atoms with Crippen molar-refractivity contribution in [1.29, 1.82) is 0 Å². The highest BCUT2D eigenvalue weighted by Gasteiger charge is 2.33. The van der Waals surface area contributed by atoms with E-state index in [4.69, 9.17) is 0 Å². The van der Waals surface area contributed by atoms with Gasteiger partial charge in [0.25, 0.3) is 0 Å². The topological polar surface area (TPSA) is 59.8 Å². The van der Waals surface area contributed by atoms with Crippen LogP contribution < -0.4 is 5.32 Å². The van der Waals surface area contributed by atoms with Crippen molar-refractivity contribution in [2.75, 3.05) is 5.32 Å². The van der Waals surface area contributed by atoms with Crippen molar-refractivity contribution in [3.05, 3.63) is 17.8 Å². The number of aryl methyl sites for hydroxylation is 1. The fourth-order valence-electron chi connectivity index (χ4n) is 1.95. The lowest BCUT2D eigenvalue weighted by Crippen LogP contribution is -2.34. The van der Waals surface area contributed by atoms with Crippen molar-refractivity contribution in [2.24, 2.45) is 12.5 Å². The fourth-order valence-corrected chi connectivity index (χ4v) is 1.95. The van der Waals surface area contributed by atoms with Crippen molar-refractivity contribution in [1.82, 2.24) is 15.0 Å². The summed E-state index contributed by atoms with van der Waals surface area (Å²) in [5, 5.41) is 10.7. The number of nitrogens with one attached hydrogen (secondary N) is 1. The highest BCUT2D eigenvalue weighted by molar-refractivity contribution is 5.94. The lowest BCUT2D eigenvalue weighted by atomic mass is 9.78.